The maximum atomic E-state index is 11.0. The summed E-state index contributed by atoms with van der Waals surface area (Å²) in [6, 6.07) is 8.57. The molecule has 1 aliphatic carbocycles. The molecule has 3 rings (SSSR count). The van der Waals surface area contributed by atoms with Crippen molar-refractivity contribution in [1.29, 1.82) is 0 Å². The average molecular weight is 260 g/mol. The predicted octanol–water partition coefficient (Wildman–Crippen LogP) is 2.84. The molecule has 0 bridgehead atoms. The number of carboxylic acid groups (broad SMARTS) is 1. The highest BCUT2D eigenvalue weighted by Gasteiger charge is 2.33. The van der Waals surface area contributed by atoms with Gasteiger partial charge in [0.05, 0.1) is 19.6 Å². The van der Waals surface area contributed by atoms with E-state index < -0.39 is 5.97 Å². The fourth-order valence-corrected chi connectivity index (χ4v) is 2.88. The molecule has 1 aromatic rings. The maximum Gasteiger partial charge on any atom is 0.303 e. The third-order valence-corrected chi connectivity index (χ3v) is 4.22. The normalized spacial score (nSPS) is 20.8. The Kier molecular flexibility index (Phi) is 3.56. The van der Waals surface area contributed by atoms with Crippen LogP contribution in [0.15, 0.2) is 24.3 Å². The number of hydrogen-bond donors (Lipinski definition) is 1. The minimum Gasteiger partial charge on any atom is -0.481 e. The lowest BCUT2D eigenvalue weighted by atomic mass is 9.89. The number of ether oxygens (including phenoxy) is 1. The summed E-state index contributed by atoms with van der Waals surface area (Å²) < 4.78 is 5.19. The van der Waals surface area contributed by atoms with Crippen LogP contribution in [0.4, 0.5) is 0 Å². The SMILES string of the molecule is O=C(O)CC(c1ccc(CC2COC2)cc1)C1CC1. The van der Waals surface area contributed by atoms with Crippen LogP contribution >= 0.6 is 0 Å². The number of hydrogen-bond acceptors (Lipinski definition) is 2. The van der Waals surface area contributed by atoms with Crippen LogP contribution in [0.3, 0.4) is 0 Å². The lowest BCUT2D eigenvalue weighted by Crippen LogP contribution is -2.29. The summed E-state index contributed by atoms with van der Waals surface area (Å²) >= 11 is 0. The van der Waals surface area contributed by atoms with Gasteiger partial charge in [-0.05, 0) is 42.2 Å². The van der Waals surface area contributed by atoms with E-state index in [2.05, 4.69) is 24.3 Å². The highest BCUT2D eigenvalue weighted by Crippen LogP contribution is 2.44. The van der Waals surface area contributed by atoms with Gasteiger partial charge in [0.2, 0.25) is 0 Å². The largest absolute Gasteiger partial charge is 0.481 e. The zero-order valence-electron chi connectivity index (χ0n) is 11.0. The second-order valence-corrected chi connectivity index (χ2v) is 5.89. The Bertz CT molecular complexity index is 444. The van der Waals surface area contributed by atoms with Crippen LogP contribution in [0.2, 0.25) is 0 Å². The maximum absolute atomic E-state index is 11.0. The Hall–Kier alpha value is -1.35. The van der Waals surface area contributed by atoms with Crippen LogP contribution in [0.5, 0.6) is 0 Å². The smallest absolute Gasteiger partial charge is 0.303 e. The zero-order valence-corrected chi connectivity index (χ0v) is 11.0. The Morgan fingerprint density at radius 2 is 1.95 bits per heavy atom. The number of aliphatic carboxylic acids is 1. The van der Waals surface area contributed by atoms with Crippen LogP contribution < -0.4 is 0 Å². The van der Waals surface area contributed by atoms with Crippen molar-refractivity contribution in [3.63, 3.8) is 0 Å². The van der Waals surface area contributed by atoms with Gasteiger partial charge in [0, 0.05) is 5.92 Å². The van der Waals surface area contributed by atoms with Crippen molar-refractivity contribution in [2.75, 3.05) is 13.2 Å². The quantitative estimate of drug-likeness (QED) is 0.855. The van der Waals surface area contributed by atoms with Gasteiger partial charge in [-0.3, -0.25) is 4.79 Å². The Morgan fingerprint density at radius 3 is 2.42 bits per heavy atom. The molecule has 1 saturated heterocycles. The van der Waals surface area contributed by atoms with E-state index in [1.54, 1.807) is 0 Å². The molecule has 1 atom stereocenters. The number of carbonyl (C=O) groups is 1. The Balaban J connectivity index is 1.67. The van der Waals surface area contributed by atoms with Crippen molar-refractivity contribution in [3.05, 3.63) is 35.4 Å². The first kappa shape index (κ1) is 12.7. The van der Waals surface area contributed by atoms with Crippen molar-refractivity contribution in [2.24, 2.45) is 11.8 Å². The van der Waals surface area contributed by atoms with Crippen LogP contribution in [-0.2, 0) is 16.0 Å². The molecule has 19 heavy (non-hydrogen) atoms. The molecule has 102 valence electrons. The summed E-state index contributed by atoms with van der Waals surface area (Å²) in [6.07, 6.45) is 3.70. The molecule has 3 heteroatoms. The summed E-state index contributed by atoms with van der Waals surface area (Å²) in [5.41, 5.74) is 2.53. The third-order valence-electron chi connectivity index (χ3n) is 4.22. The minimum atomic E-state index is -0.687. The van der Waals surface area contributed by atoms with Gasteiger partial charge in [0.1, 0.15) is 0 Å². The van der Waals surface area contributed by atoms with Gasteiger partial charge in [0.15, 0.2) is 0 Å². The Morgan fingerprint density at radius 1 is 1.26 bits per heavy atom. The lowest BCUT2D eigenvalue weighted by Gasteiger charge is -2.26. The van der Waals surface area contributed by atoms with E-state index in [-0.39, 0.29) is 12.3 Å². The minimum absolute atomic E-state index is 0.207. The standard InChI is InChI=1S/C16H20O3/c17-16(18)8-15(14-5-6-14)13-3-1-11(2-4-13)7-12-9-19-10-12/h1-4,12,14-15H,5-10H2,(H,17,18). The van der Waals surface area contributed by atoms with E-state index in [0.29, 0.717) is 11.8 Å². The van der Waals surface area contributed by atoms with Crippen LogP contribution in [0.25, 0.3) is 0 Å². The second kappa shape index (κ2) is 5.33. The second-order valence-electron chi connectivity index (χ2n) is 5.89. The van der Waals surface area contributed by atoms with Gasteiger partial charge in [0.25, 0.3) is 0 Å². The summed E-state index contributed by atoms with van der Waals surface area (Å²) in [6.45, 7) is 1.76. The summed E-state index contributed by atoms with van der Waals surface area (Å²) in [5, 5.41) is 9.02. The fourth-order valence-electron chi connectivity index (χ4n) is 2.88. The molecule has 1 N–H and O–H groups in total. The van der Waals surface area contributed by atoms with Gasteiger partial charge < -0.3 is 9.84 Å². The van der Waals surface area contributed by atoms with E-state index in [0.717, 1.165) is 19.6 Å². The monoisotopic (exact) mass is 260 g/mol. The first-order valence-corrected chi connectivity index (χ1v) is 7.11. The van der Waals surface area contributed by atoms with Crippen molar-refractivity contribution < 1.29 is 14.6 Å². The molecule has 1 unspecified atom stereocenters. The molecule has 1 saturated carbocycles. The van der Waals surface area contributed by atoms with Gasteiger partial charge in [-0.1, -0.05) is 24.3 Å². The molecular weight excluding hydrogens is 240 g/mol. The van der Waals surface area contributed by atoms with Crippen LogP contribution in [0.1, 0.15) is 36.3 Å². The van der Waals surface area contributed by atoms with E-state index in [9.17, 15) is 4.79 Å². The fraction of sp³-hybridized carbons (Fsp3) is 0.562. The molecule has 2 aliphatic rings. The summed E-state index contributed by atoms with van der Waals surface area (Å²) in [4.78, 5) is 11.0. The third kappa shape index (κ3) is 3.16. The number of rotatable bonds is 6. The van der Waals surface area contributed by atoms with E-state index in [1.165, 1.54) is 24.0 Å². The first-order chi connectivity index (χ1) is 9.22. The summed E-state index contributed by atoms with van der Waals surface area (Å²) in [5.74, 6) is 0.775. The molecule has 0 spiro atoms. The topological polar surface area (TPSA) is 46.5 Å². The van der Waals surface area contributed by atoms with E-state index in [1.807, 2.05) is 0 Å². The van der Waals surface area contributed by atoms with E-state index in [4.69, 9.17) is 9.84 Å². The van der Waals surface area contributed by atoms with Gasteiger partial charge >= 0.3 is 5.97 Å². The molecule has 0 amide bonds. The highest BCUT2D eigenvalue weighted by atomic mass is 16.5. The van der Waals surface area contributed by atoms with Crippen molar-refractivity contribution in [1.82, 2.24) is 0 Å². The van der Waals surface area contributed by atoms with Crippen molar-refractivity contribution in [3.8, 4) is 0 Å². The van der Waals surface area contributed by atoms with Gasteiger partial charge in [-0.15, -0.1) is 0 Å². The molecule has 1 aromatic carbocycles. The number of carboxylic acids is 1. The van der Waals surface area contributed by atoms with Crippen LogP contribution in [-0.4, -0.2) is 24.3 Å². The highest BCUT2D eigenvalue weighted by molar-refractivity contribution is 5.68. The van der Waals surface area contributed by atoms with Gasteiger partial charge in [-0.25, -0.2) is 0 Å². The number of benzene rings is 1. The molecular formula is C16H20O3. The zero-order chi connectivity index (χ0) is 13.2. The lowest BCUT2D eigenvalue weighted by molar-refractivity contribution is -0.137. The first-order valence-electron chi connectivity index (χ1n) is 7.11. The molecule has 0 aromatic heterocycles. The average Bonchev–Trinajstić information content (AvgIpc) is 3.16. The van der Waals surface area contributed by atoms with Gasteiger partial charge in [-0.2, -0.15) is 0 Å². The molecule has 1 aliphatic heterocycles. The summed E-state index contributed by atoms with van der Waals surface area (Å²) in [7, 11) is 0. The van der Waals surface area contributed by atoms with Crippen molar-refractivity contribution >= 4 is 5.97 Å². The van der Waals surface area contributed by atoms with E-state index >= 15 is 0 Å². The molecule has 2 fully saturated rings. The van der Waals surface area contributed by atoms with Crippen molar-refractivity contribution in [2.45, 2.75) is 31.6 Å². The molecule has 3 nitrogen and oxygen atoms in total. The molecule has 1 heterocycles. The van der Waals surface area contributed by atoms with Crippen LogP contribution in [0, 0.1) is 11.8 Å². The predicted molar refractivity (Wildman–Crippen MR) is 72.2 cm³/mol. The molecule has 0 radical (unpaired) electrons. The Labute approximate surface area is 113 Å².